The number of hydrogen-bond donors (Lipinski definition) is 1. The number of hydrogen-bond acceptors (Lipinski definition) is 6. The van der Waals surface area contributed by atoms with Crippen LogP contribution in [0.15, 0.2) is 34.8 Å². The van der Waals surface area contributed by atoms with Gasteiger partial charge in [-0.1, -0.05) is 6.07 Å². The van der Waals surface area contributed by atoms with Gasteiger partial charge >= 0.3 is 11.9 Å². The Bertz CT molecular complexity index is 868. The number of halogens is 1. The van der Waals surface area contributed by atoms with Crippen LogP contribution in [0.5, 0.6) is 5.75 Å². The van der Waals surface area contributed by atoms with Gasteiger partial charge in [-0.25, -0.2) is 9.59 Å². The highest BCUT2D eigenvalue weighted by molar-refractivity contribution is 9.10. The van der Waals surface area contributed by atoms with E-state index in [-0.39, 0.29) is 23.4 Å². The van der Waals surface area contributed by atoms with Crippen molar-refractivity contribution >= 4 is 39.5 Å². The minimum Gasteiger partial charge on any atom is -0.482 e. The van der Waals surface area contributed by atoms with Gasteiger partial charge in [0.1, 0.15) is 5.75 Å². The number of nitrogens with one attached hydrogen (secondary N) is 1. The molecular weight excluding hydrogens is 430 g/mol. The summed E-state index contributed by atoms with van der Waals surface area (Å²) in [5, 5.41) is 2.61. The van der Waals surface area contributed by atoms with Crippen molar-refractivity contribution in [2.45, 2.75) is 13.8 Å². The van der Waals surface area contributed by atoms with Gasteiger partial charge in [0.2, 0.25) is 0 Å². The second-order valence-corrected chi connectivity index (χ2v) is 6.87. The number of ether oxygens (including phenoxy) is 3. The lowest BCUT2D eigenvalue weighted by Gasteiger charge is -2.13. The third-order valence-electron chi connectivity index (χ3n) is 3.78. The molecule has 0 aliphatic rings. The van der Waals surface area contributed by atoms with Crippen molar-refractivity contribution in [2.75, 3.05) is 26.1 Å². The Morgan fingerprint density at radius 3 is 2.00 bits per heavy atom. The molecule has 0 heterocycles. The molecule has 0 saturated carbocycles. The minimum atomic E-state index is -0.642. The molecule has 28 heavy (non-hydrogen) atoms. The molecule has 7 nitrogen and oxygen atoms in total. The predicted molar refractivity (Wildman–Crippen MR) is 107 cm³/mol. The molecule has 1 amide bonds. The maximum Gasteiger partial charge on any atom is 0.337 e. The van der Waals surface area contributed by atoms with E-state index in [1.54, 1.807) is 0 Å². The van der Waals surface area contributed by atoms with Gasteiger partial charge in [0.05, 0.1) is 29.8 Å². The average molecular weight is 450 g/mol. The third kappa shape index (κ3) is 5.32. The van der Waals surface area contributed by atoms with Gasteiger partial charge < -0.3 is 19.5 Å². The van der Waals surface area contributed by atoms with Gasteiger partial charge in [-0.3, -0.25) is 4.79 Å². The molecule has 0 spiro atoms. The standard InChI is InChI=1S/C20H20BrNO6/c1-11-5-12(2)18(16(21)6-11)28-10-17(23)22-15-8-13(19(24)26-3)7-14(9-15)20(25)27-4/h5-9H,10H2,1-4H3,(H,22,23). The fraction of sp³-hybridized carbons (Fsp3) is 0.250. The summed E-state index contributed by atoms with van der Waals surface area (Å²) in [5.41, 5.74) is 2.42. The molecule has 0 bridgehead atoms. The van der Waals surface area contributed by atoms with Crippen molar-refractivity contribution in [2.24, 2.45) is 0 Å². The molecule has 2 aromatic carbocycles. The first-order valence-electron chi connectivity index (χ1n) is 8.26. The van der Waals surface area contributed by atoms with Crippen LogP contribution in [0.1, 0.15) is 31.8 Å². The smallest absolute Gasteiger partial charge is 0.337 e. The molecule has 2 rings (SSSR count). The first kappa shape index (κ1) is 21.4. The van der Waals surface area contributed by atoms with E-state index in [1.165, 1.54) is 32.4 Å². The van der Waals surface area contributed by atoms with Crippen LogP contribution in [-0.2, 0) is 14.3 Å². The molecular formula is C20H20BrNO6. The van der Waals surface area contributed by atoms with E-state index in [0.717, 1.165) is 15.6 Å². The summed E-state index contributed by atoms with van der Waals surface area (Å²) < 4.78 is 15.7. The van der Waals surface area contributed by atoms with E-state index in [1.807, 2.05) is 26.0 Å². The van der Waals surface area contributed by atoms with Crippen molar-refractivity contribution in [1.82, 2.24) is 0 Å². The van der Waals surface area contributed by atoms with Crippen molar-refractivity contribution in [1.29, 1.82) is 0 Å². The van der Waals surface area contributed by atoms with E-state index >= 15 is 0 Å². The molecule has 0 aliphatic carbocycles. The molecule has 0 saturated heterocycles. The maximum absolute atomic E-state index is 12.3. The lowest BCUT2D eigenvalue weighted by Crippen LogP contribution is -2.21. The second-order valence-electron chi connectivity index (χ2n) is 6.01. The third-order valence-corrected chi connectivity index (χ3v) is 4.37. The zero-order valence-electron chi connectivity index (χ0n) is 15.9. The highest BCUT2D eigenvalue weighted by Gasteiger charge is 2.16. The highest BCUT2D eigenvalue weighted by atomic mass is 79.9. The zero-order chi connectivity index (χ0) is 20.8. The Balaban J connectivity index is 2.17. The number of aryl methyl sites for hydroxylation is 2. The Morgan fingerprint density at radius 1 is 0.929 bits per heavy atom. The first-order valence-corrected chi connectivity index (χ1v) is 9.05. The quantitative estimate of drug-likeness (QED) is 0.676. The van der Waals surface area contributed by atoms with Gasteiger partial charge in [0.15, 0.2) is 6.61 Å². The molecule has 0 aliphatic heterocycles. The lowest BCUT2D eigenvalue weighted by molar-refractivity contribution is -0.118. The Hall–Kier alpha value is -2.87. The van der Waals surface area contributed by atoms with Gasteiger partial charge in [0, 0.05) is 5.69 Å². The fourth-order valence-electron chi connectivity index (χ4n) is 2.59. The average Bonchev–Trinajstić information content (AvgIpc) is 2.65. The number of carbonyl (C=O) groups is 3. The van der Waals surface area contributed by atoms with Crippen LogP contribution in [0, 0.1) is 13.8 Å². The normalized spacial score (nSPS) is 10.2. The summed E-state index contributed by atoms with van der Waals surface area (Å²) in [6.07, 6.45) is 0. The van der Waals surface area contributed by atoms with Crippen molar-refractivity contribution < 1.29 is 28.6 Å². The number of anilines is 1. The Morgan fingerprint density at radius 2 is 1.50 bits per heavy atom. The van der Waals surface area contributed by atoms with Gasteiger partial charge in [-0.2, -0.15) is 0 Å². The number of methoxy groups -OCH3 is 2. The number of esters is 2. The summed E-state index contributed by atoms with van der Waals surface area (Å²) in [6, 6.07) is 7.98. The zero-order valence-corrected chi connectivity index (χ0v) is 17.5. The van der Waals surface area contributed by atoms with Crippen molar-refractivity contribution in [3.05, 3.63) is 57.1 Å². The summed E-state index contributed by atoms with van der Waals surface area (Å²) in [5.74, 6) is -1.17. The van der Waals surface area contributed by atoms with E-state index in [4.69, 9.17) is 4.74 Å². The van der Waals surface area contributed by atoms with Gasteiger partial charge in [0.25, 0.3) is 5.91 Å². The Kier molecular flexibility index (Phi) is 7.17. The van der Waals surface area contributed by atoms with Gasteiger partial charge in [-0.05, 0) is 65.2 Å². The number of carbonyl (C=O) groups excluding carboxylic acids is 3. The second kappa shape index (κ2) is 9.36. The molecule has 0 fully saturated rings. The lowest BCUT2D eigenvalue weighted by atomic mass is 10.1. The van der Waals surface area contributed by atoms with Gasteiger partial charge in [-0.15, -0.1) is 0 Å². The number of rotatable bonds is 6. The molecule has 0 radical (unpaired) electrons. The summed E-state index contributed by atoms with van der Waals surface area (Å²) in [6.45, 7) is 3.59. The van der Waals surface area contributed by atoms with Crippen LogP contribution in [0.4, 0.5) is 5.69 Å². The maximum atomic E-state index is 12.3. The minimum absolute atomic E-state index is 0.110. The van der Waals surface area contributed by atoms with Crippen LogP contribution in [0.25, 0.3) is 0 Å². The molecule has 8 heteroatoms. The van der Waals surface area contributed by atoms with Crippen molar-refractivity contribution in [3.8, 4) is 5.75 Å². The van der Waals surface area contributed by atoms with Crippen LogP contribution < -0.4 is 10.1 Å². The molecule has 1 N–H and O–H groups in total. The number of amides is 1. The Labute approximate surface area is 171 Å². The van der Waals surface area contributed by atoms with Crippen molar-refractivity contribution in [3.63, 3.8) is 0 Å². The molecule has 0 unspecified atom stereocenters. The summed E-state index contributed by atoms with van der Waals surface area (Å²) >= 11 is 3.42. The largest absolute Gasteiger partial charge is 0.482 e. The first-order chi connectivity index (χ1) is 13.2. The fourth-order valence-corrected chi connectivity index (χ4v) is 3.38. The van der Waals surface area contributed by atoms with E-state index < -0.39 is 17.8 Å². The molecule has 0 atom stereocenters. The molecule has 148 valence electrons. The molecule has 2 aromatic rings. The van der Waals surface area contributed by atoms with E-state index in [9.17, 15) is 14.4 Å². The van der Waals surface area contributed by atoms with E-state index in [2.05, 4.69) is 30.7 Å². The van der Waals surface area contributed by atoms with E-state index in [0.29, 0.717) is 5.75 Å². The topological polar surface area (TPSA) is 90.9 Å². The highest BCUT2D eigenvalue weighted by Crippen LogP contribution is 2.30. The number of benzene rings is 2. The van der Waals surface area contributed by atoms with Crippen LogP contribution >= 0.6 is 15.9 Å². The van der Waals surface area contributed by atoms with Crippen LogP contribution in [-0.4, -0.2) is 38.7 Å². The summed E-state index contributed by atoms with van der Waals surface area (Å²) in [7, 11) is 2.45. The predicted octanol–water partition coefficient (Wildman–Crippen LogP) is 3.66. The molecule has 0 aromatic heterocycles. The summed E-state index contributed by atoms with van der Waals surface area (Å²) in [4.78, 5) is 35.9. The SMILES string of the molecule is COC(=O)c1cc(NC(=O)COc2c(C)cc(C)cc2Br)cc(C(=O)OC)c1. The van der Waals surface area contributed by atoms with Crippen LogP contribution in [0.3, 0.4) is 0 Å². The monoisotopic (exact) mass is 449 g/mol. The van der Waals surface area contributed by atoms with Crippen LogP contribution in [0.2, 0.25) is 0 Å².